The van der Waals surface area contributed by atoms with Crippen LogP contribution in [0.5, 0.6) is 0 Å². The molecule has 104 valence electrons. The molecule has 3 rings (SSSR count). The average Bonchev–Trinajstić information content (AvgIpc) is 2.92. The molecule has 0 heterocycles. The van der Waals surface area contributed by atoms with Crippen molar-refractivity contribution in [2.24, 2.45) is 5.73 Å². The van der Waals surface area contributed by atoms with Crippen molar-refractivity contribution in [3.63, 3.8) is 0 Å². The van der Waals surface area contributed by atoms with Gasteiger partial charge >= 0.3 is 0 Å². The van der Waals surface area contributed by atoms with Gasteiger partial charge < -0.3 is 5.73 Å². The molecule has 2 N–H and O–H groups in total. The maximum Gasteiger partial charge on any atom is 0.0408 e. The zero-order valence-electron chi connectivity index (χ0n) is 11.6. The molecule has 0 amide bonds. The van der Waals surface area contributed by atoms with E-state index >= 15 is 0 Å². The Morgan fingerprint density at radius 3 is 2.70 bits per heavy atom. The maximum absolute atomic E-state index is 6.08. The van der Waals surface area contributed by atoms with Crippen molar-refractivity contribution >= 4 is 11.6 Å². The summed E-state index contributed by atoms with van der Waals surface area (Å²) >= 11 is 6.08. The van der Waals surface area contributed by atoms with Crippen LogP contribution in [-0.4, -0.2) is 6.54 Å². The van der Waals surface area contributed by atoms with Gasteiger partial charge in [-0.3, -0.25) is 0 Å². The largest absolute Gasteiger partial charge is 0.330 e. The third kappa shape index (κ3) is 2.89. The highest BCUT2D eigenvalue weighted by atomic mass is 35.5. The molecule has 0 saturated heterocycles. The summed E-state index contributed by atoms with van der Waals surface area (Å²) in [4.78, 5) is 0. The highest BCUT2D eigenvalue weighted by molar-refractivity contribution is 6.30. The quantitative estimate of drug-likeness (QED) is 0.899. The molecule has 0 aromatic heterocycles. The highest BCUT2D eigenvalue weighted by Gasteiger charge is 2.14. The third-order valence-corrected chi connectivity index (χ3v) is 4.48. The molecule has 0 saturated carbocycles. The van der Waals surface area contributed by atoms with Crippen LogP contribution in [-0.2, 0) is 19.3 Å². The zero-order chi connectivity index (χ0) is 13.9. The second kappa shape index (κ2) is 5.99. The van der Waals surface area contributed by atoms with Crippen molar-refractivity contribution in [3.05, 3.63) is 69.7 Å². The molecule has 0 spiro atoms. The fourth-order valence-electron chi connectivity index (χ4n) is 3.13. The SMILES string of the molecule is NCC(Cc1ccc2c(c1)CCC2)c1cccc(Cl)c1. The van der Waals surface area contributed by atoms with Crippen molar-refractivity contribution in [1.29, 1.82) is 0 Å². The Morgan fingerprint density at radius 2 is 1.90 bits per heavy atom. The van der Waals surface area contributed by atoms with Crippen LogP contribution in [0, 0.1) is 0 Å². The highest BCUT2D eigenvalue weighted by Crippen LogP contribution is 2.27. The summed E-state index contributed by atoms with van der Waals surface area (Å²) < 4.78 is 0. The van der Waals surface area contributed by atoms with Crippen LogP contribution in [0.2, 0.25) is 5.02 Å². The van der Waals surface area contributed by atoms with Gasteiger partial charge in [0.25, 0.3) is 0 Å². The molecule has 1 nitrogen and oxygen atoms in total. The Labute approximate surface area is 125 Å². The van der Waals surface area contributed by atoms with Gasteiger partial charge in [-0.2, -0.15) is 0 Å². The van der Waals surface area contributed by atoms with Gasteiger partial charge in [0.05, 0.1) is 0 Å². The molecule has 1 unspecified atom stereocenters. The Bertz CT molecular complexity index is 606. The van der Waals surface area contributed by atoms with Crippen molar-refractivity contribution in [2.45, 2.75) is 31.6 Å². The van der Waals surface area contributed by atoms with E-state index in [0.717, 1.165) is 11.4 Å². The first-order valence-corrected chi connectivity index (χ1v) is 7.70. The van der Waals surface area contributed by atoms with E-state index in [1.54, 1.807) is 0 Å². The van der Waals surface area contributed by atoms with E-state index in [1.165, 1.54) is 41.5 Å². The number of hydrogen-bond donors (Lipinski definition) is 1. The van der Waals surface area contributed by atoms with E-state index in [4.69, 9.17) is 17.3 Å². The number of aryl methyl sites for hydroxylation is 2. The first-order chi connectivity index (χ1) is 9.76. The molecule has 1 aliphatic carbocycles. The van der Waals surface area contributed by atoms with Crippen LogP contribution >= 0.6 is 11.6 Å². The summed E-state index contributed by atoms with van der Waals surface area (Å²) in [5.41, 5.74) is 11.7. The summed E-state index contributed by atoms with van der Waals surface area (Å²) in [6.45, 7) is 0.650. The molecular formula is C18H20ClN. The number of halogens is 1. The minimum Gasteiger partial charge on any atom is -0.330 e. The topological polar surface area (TPSA) is 26.0 Å². The fraction of sp³-hybridized carbons (Fsp3) is 0.333. The monoisotopic (exact) mass is 285 g/mol. The lowest BCUT2D eigenvalue weighted by molar-refractivity contribution is 0.694. The molecule has 0 aliphatic heterocycles. The summed E-state index contributed by atoms with van der Waals surface area (Å²) in [7, 11) is 0. The van der Waals surface area contributed by atoms with Crippen LogP contribution in [0.4, 0.5) is 0 Å². The number of fused-ring (bicyclic) bond motifs is 1. The summed E-state index contributed by atoms with van der Waals surface area (Å²) in [5, 5.41) is 0.787. The van der Waals surface area contributed by atoms with Crippen molar-refractivity contribution < 1.29 is 0 Å². The van der Waals surface area contributed by atoms with Gasteiger partial charge in [-0.1, -0.05) is 41.9 Å². The Balaban J connectivity index is 1.81. The average molecular weight is 286 g/mol. The minimum absolute atomic E-state index is 0.341. The molecule has 1 atom stereocenters. The first kappa shape index (κ1) is 13.7. The Kier molecular flexibility index (Phi) is 4.09. The summed E-state index contributed by atoms with van der Waals surface area (Å²) in [5.74, 6) is 0.341. The molecule has 2 heteroatoms. The molecule has 0 radical (unpaired) electrons. The van der Waals surface area contributed by atoms with Gasteiger partial charge in [0.2, 0.25) is 0 Å². The Hall–Kier alpha value is -1.31. The third-order valence-electron chi connectivity index (χ3n) is 4.25. The maximum atomic E-state index is 6.08. The standard InChI is InChI=1S/C18H20ClN/c19-18-6-2-5-16(11-18)17(12-20)10-13-7-8-14-3-1-4-15(14)9-13/h2,5-9,11,17H,1,3-4,10,12,20H2. The van der Waals surface area contributed by atoms with Gasteiger partial charge in [-0.15, -0.1) is 0 Å². The van der Waals surface area contributed by atoms with Crippen LogP contribution in [0.25, 0.3) is 0 Å². The predicted octanol–water partition coefficient (Wildman–Crippen LogP) is 4.11. The van der Waals surface area contributed by atoms with E-state index in [0.29, 0.717) is 12.5 Å². The van der Waals surface area contributed by atoms with Gasteiger partial charge in [0.15, 0.2) is 0 Å². The predicted molar refractivity (Wildman–Crippen MR) is 85.4 cm³/mol. The number of hydrogen-bond acceptors (Lipinski definition) is 1. The lowest BCUT2D eigenvalue weighted by atomic mass is 9.91. The second-order valence-corrected chi connectivity index (χ2v) is 6.08. The molecular weight excluding hydrogens is 266 g/mol. The van der Waals surface area contributed by atoms with Crippen LogP contribution < -0.4 is 5.73 Å². The number of rotatable bonds is 4. The molecule has 2 aromatic carbocycles. The normalized spacial score (nSPS) is 15.1. The van der Waals surface area contributed by atoms with Crippen LogP contribution in [0.3, 0.4) is 0 Å². The van der Waals surface area contributed by atoms with Crippen LogP contribution in [0.15, 0.2) is 42.5 Å². The zero-order valence-corrected chi connectivity index (χ0v) is 12.4. The fourth-order valence-corrected chi connectivity index (χ4v) is 3.33. The second-order valence-electron chi connectivity index (χ2n) is 5.65. The molecule has 2 aromatic rings. The first-order valence-electron chi connectivity index (χ1n) is 7.32. The molecule has 0 fully saturated rings. The van der Waals surface area contributed by atoms with Crippen molar-refractivity contribution in [2.75, 3.05) is 6.54 Å². The molecule has 0 bridgehead atoms. The number of nitrogens with two attached hydrogens (primary N) is 1. The smallest absolute Gasteiger partial charge is 0.0408 e. The van der Waals surface area contributed by atoms with E-state index in [1.807, 2.05) is 18.2 Å². The van der Waals surface area contributed by atoms with E-state index in [9.17, 15) is 0 Å². The molecule has 20 heavy (non-hydrogen) atoms. The number of benzene rings is 2. The van der Waals surface area contributed by atoms with Gasteiger partial charge in [-0.25, -0.2) is 0 Å². The Morgan fingerprint density at radius 1 is 1.05 bits per heavy atom. The van der Waals surface area contributed by atoms with E-state index in [-0.39, 0.29) is 0 Å². The lowest BCUT2D eigenvalue weighted by Crippen LogP contribution is -2.15. The van der Waals surface area contributed by atoms with Crippen molar-refractivity contribution in [1.82, 2.24) is 0 Å². The van der Waals surface area contributed by atoms with Crippen LogP contribution in [0.1, 0.15) is 34.6 Å². The van der Waals surface area contributed by atoms with Gasteiger partial charge in [-0.05, 0) is 66.6 Å². The minimum atomic E-state index is 0.341. The van der Waals surface area contributed by atoms with Gasteiger partial charge in [0, 0.05) is 10.9 Å². The van der Waals surface area contributed by atoms with E-state index in [2.05, 4.69) is 24.3 Å². The van der Waals surface area contributed by atoms with Gasteiger partial charge in [0.1, 0.15) is 0 Å². The molecule has 1 aliphatic rings. The summed E-state index contributed by atoms with van der Waals surface area (Å²) in [6.07, 6.45) is 4.76. The van der Waals surface area contributed by atoms with E-state index < -0.39 is 0 Å². The lowest BCUT2D eigenvalue weighted by Gasteiger charge is -2.16. The summed E-state index contributed by atoms with van der Waals surface area (Å²) in [6, 6.07) is 15.0. The van der Waals surface area contributed by atoms with Crippen molar-refractivity contribution in [3.8, 4) is 0 Å².